The van der Waals surface area contributed by atoms with E-state index in [1.165, 1.54) is 0 Å². The van der Waals surface area contributed by atoms with Gasteiger partial charge in [-0.1, -0.05) is 18.2 Å². The number of nitrogens with one attached hydrogen (secondary N) is 1. The van der Waals surface area contributed by atoms with Crippen LogP contribution in [0.3, 0.4) is 0 Å². The van der Waals surface area contributed by atoms with E-state index >= 15 is 0 Å². The van der Waals surface area contributed by atoms with Crippen LogP contribution in [0.1, 0.15) is 36.0 Å². The normalized spacial score (nSPS) is 28.1. The molecule has 1 N–H and O–H groups in total. The number of amides is 2. The molecular weight excluding hydrogens is 362 g/mol. The quantitative estimate of drug-likeness (QED) is 0.842. The van der Waals surface area contributed by atoms with Gasteiger partial charge in [0.05, 0.1) is 5.92 Å². The number of nitrogens with zero attached hydrogens (tertiary/aromatic N) is 2. The van der Waals surface area contributed by atoms with Crippen molar-refractivity contribution in [3.63, 3.8) is 0 Å². The Morgan fingerprint density at radius 1 is 0.889 bits per heavy atom. The summed E-state index contributed by atoms with van der Waals surface area (Å²) >= 11 is 0. The summed E-state index contributed by atoms with van der Waals surface area (Å²) in [4.78, 5) is 29.8. The van der Waals surface area contributed by atoms with Gasteiger partial charge in [0.1, 0.15) is 0 Å². The second kappa shape index (κ2) is 9.07. The van der Waals surface area contributed by atoms with Gasteiger partial charge >= 0.3 is 0 Å². The Kier molecular flexibility index (Phi) is 6.77. The van der Waals surface area contributed by atoms with E-state index in [2.05, 4.69) is 10.2 Å². The number of carbonyl (C=O) groups is 2. The summed E-state index contributed by atoms with van der Waals surface area (Å²) in [6.07, 6.45) is 4.05. The Labute approximate surface area is 167 Å². The third-order valence-corrected chi connectivity index (χ3v) is 6.41. The maximum absolute atomic E-state index is 13.1. The number of halogens is 1. The van der Waals surface area contributed by atoms with Gasteiger partial charge in [-0.3, -0.25) is 9.59 Å². The highest BCUT2D eigenvalue weighted by atomic mass is 35.5. The summed E-state index contributed by atoms with van der Waals surface area (Å²) in [5, 5.41) is 3.49. The van der Waals surface area contributed by atoms with Crippen LogP contribution in [0.5, 0.6) is 0 Å². The first-order valence-corrected chi connectivity index (χ1v) is 10.1. The molecule has 0 aromatic heterocycles. The molecule has 3 atom stereocenters. The van der Waals surface area contributed by atoms with Crippen LogP contribution >= 0.6 is 12.4 Å². The van der Waals surface area contributed by atoms with Gasteiger partial charge in [-0.15, -0.1) is 12.4 Å². The molecule has 3 saturated heterocycles. The van der Waals surface area contributed by atoms with E-state index in [0.717, 1.165) is 75.8 Å². The zero-order chi connectivity index (χ0) is 17.9. The lowest BCUT2D eigenvalue weighted by atomic mass is 9.92. The molecule has 0 bridgehead atoms. The molecule has 3 aliphatic rings. The number of hydrogen-bond acceptors (Lipinski definition) is 3. The van der Waals surface area contributed by atoms with E-state index < -0.39 is 0 Å². The van der Waals surface area contributed by atoms with Gasteiger partial charge in [0.2, 0.25) is 5.91 Å². The fourth-order valence-corrected chi connectivity index (χ4v) is 4.82. The van der Waals surface area contributed by atoms with Crippen molar-refractivity contribution in [3.05, 3.63) is 35.9 Å². The van der Waals surface area contributed by atoms with Crippen molar-refractivity contribution < 1.29 is 9.59 Å². The Bertz CT molecular complexity index is 640. The van der Waals surface area contributed by atoms with Crippen molar-refractivity contribution in [2.24, 2.45) is 17.8 Å². The number of carbonyl (C=O) groups excluding carboxylic acids is 2. The smallest absolute Gasteiger partial charge is 0.253 e. The van der Waals surface area contributed by atoms with E-state index in [0.29, 0.717) is 6.54 Å². The summed E-state index contributed by atoms with van der Waals surface area (Å²) < 4.78 is 0. The maximum atomic E-state index is 13.1. The minimum atomic E-state index is -0.0347. The number of rotatable bonds is 2. The van der Waals surface area contributed by atoms with Crippen LogP contribution in [0.4, 0.5) is 0 Å². The summed E-state index contributed by atoms with van der Waals surface area (Å²) in [5.41, 5.74) is 0.718. The average Bonchev–Trinajstić information content (AvgIpc) is 3.06. The van der Waals surface area contributed by atoms with Crippen LogP contribution < -0.4 is 5.32 Å². The van der Waals surface area contributed by atoms with Crippen LogP contribution in [0.2, 0.25) is 0 Å². The molecule has 1 aromatic rings. The largest absolute Gasteiger partial charge is 0.342 e. The molecule has 0 aliphatic carbocycles. The third-order valence-electron chi connectivity index (χ3n) is 6.41. The van der Waals surface area contributed by atoms with Gasteiger partial charge in [0.25, 0.3) is 5.91 Å². The molecule has 4 rings (SSSR count). The van der Waals surface area contributed by atoms with E-state index in [1.807, 2.05) is 35.2 Å². The first kappa shape index (κ1) is 20.2. The van der Waals surface area contributed by atoms with Crippen molar-refractivity contribution in [1.29, 1.82) is 0 Å². The third kappa shape index (κ3) is 4.46. The molecule has 3 aliphatic heterocycles. The Morgan fingerprint density at radius 3 is 2.22 bits per heavy atom. The van der Waals surface area contributed by atoms with E-state index in [1.54, 1.807) is 0 Å². The monoisotopic (exact) mass is 391 g/mol. The predicted molar refractivity (Wildman–Crippen MR) is 108 cm³/mol. The molecule has 3 fully saturated rings. The maximum Gasteiger partial charge on any atom is 0.253 e. The molecule has 6 heteroatoms. The van der Waals surface area contributed by atoms with E-state index in [4.69, 9.17) is 0 Å². The van der Waals surface area contributed by atoms with Gasteiger partial charge in [-0.05, 0) is 62.7 Å². The first-order valence-electron chi connectivity index (χ1n) is 10.1. The fourth-order valence-electron chi connectivity index (χ4n) is 4.82. The number of piperidine rings is 1. The summed E-state index contributed by atoms with van der Waals surface area (Å²) in [5.74, 6) is 1.75. The molecule has 0 spiro atoms. The second-order valence-electron chi connectivity index (χ2n) is 8.04. The van der Waals surface area contributed by atoms with Gasteiger partial charge in [0.15, 0.2) is 0 Å². The highest BCUT2D eigenvalue weighted by Gasteiger charge is 2.35. The number of fused-ring (bicyclic) bond motifs is 1. The van der Waals surface area contributed by atoms with Gasteiger partial charge < -0.3 is 15.1 Å². The number of benzene rings is 1. The lowest BCUT2D eigenvalue weighted by molar-refractivity contribution is -0.137. The molecule has 27 heavy (non-hydrogen) atoms. The lowest BCUT2D eigenvalue weighted by Gasteiger charge is -2.35. The molecule has 2 amide bonds. The molecule has 0 radical (unpaired) electrons. The van der Waals surface area contributed by atoms with Crippen molar-refractivity contribution in [2.45, 2.75) is 25.7 Å². The van der Waals surface area contributed by atoms with Crippen LogP contribution in [-0.4, -0.2) is 60.9 Å². The minimum Gasteiger partial charge on any atom is -0.342 e. The number of likely N-dealkylation sites (tertiary alicyclic amines) is 2. The minimum absolute atomic E-state index is 0. The molecule has 1 aromatic carbocycles. The summed E-state index contributed by atoms with van der Waals surface area (Å²) in [6.45, 7) is 5.30. The molecule has 0 saturated carbocycles. The molecule has 5 nitrogen and oxygen atoms in total. The Balaban J connectivity index is 0.00000210. The topological polar surface area (TPSA) is 52.7 Å². The predicted octanol–water partition coefficient (Wildman–Crippen LogP) is 2.42. The highest BCUT2D eigenvalue weighted by Crippen LogP contribution is 2.29. The number of hydrogen-bond donors (Lipinski definition) is 1. The Hall–Kier alpha value is -1.59. The first-order chi connectivity index (χ1) is 12.7. The van der Waals surface area contributed by atoms with E-state index in [-0.39, 0.29) is 30.1 Å². The summed E-state index contributed by atoms with van der Waals surface area (Å²) in [7, 11) is 0. The second-order valence-corrected chi connectivity index (χ2v) is 8.04. The molecule has 3 heterocycles. The molecule has 1 unspecified atom stereocenters. The van der Waals surface area contributed by atoms with Crippen LogP contribution in [0.15, 0.2) is 30.3 Å². The van der Waals surface area contributed by atoms with Crippen molar-refractivity contribution >= 4 is 24.2 Å². The SMILES string of the molecule is Cl.O=C(c1ccccc1)N1CCCC(C(=O)N2CC[C@@H]3CNC[C@@H]3CC2)C1. The van der Waals surface area contributed by atoms with Gasteiger partial charge in [-0.25, -0.2) is 0 Å². The van der Waals surface area contributed by atoms with Crippen LogP contribution in [0, 0.1) is 17.8 Å². The Morgan fingerprint density at radius 2 is 1.56 bits per heavy atom. The molecule has 148 valence electrons. The van der Waals surface area contributed by atoms with Crippen molar-refractivity contribution in [3.8, 4) is 0 Å². The van der Waals surface area contributed by atoms with E-state index in [9.17, 15) is 9.59 Å². The fraction of sp³-hybridized carbons (Fsp3) is 0.619. The summed E-state index contributed by atoms with van der Waals surface area (Å²) in [6, 6.07) is 9.42. The van der Waals surface area contributed by atoms with Crippen molar-refractivity contribution in [1.82, 2.24) is 15.1 Å². The van der Waals surface area contributed by atoms with Crippen LogP contribution in [-0.2, 0) is 4.79 Å². The lowest BCUT2D eigenvalue weighted by Crippen LogP contribution is -2.47. The van der Waals surface area contributed by atoms with Gasteiger partial charge in [-0.2, -0.15) is 0 Å². The average molecular weight is 392 g/mol. The van der Waals surface area contributed by atoms with Crippen LogP contribution in [0.25, 0.3) is 0 Å². The zero-order valence-corrected chi connectivity index (χ0v) is 16.6. The zero-order valence-electron chi connectivity index (χ0n) is 15.8. The van der Waals surface area contributed by atoms with Gasteiger partial charge in [0, 0.05) is 31.7 Å². The van der Waals surface area contributed by atoms with Crippen molar-refractivity contribution in [2.75, 3.05) is 39.3 Å². The standard InChI is InChI=1S/C21H29N3O2.ClH/c25-20(16-5-2-1-3-6-16)24-10-4-7-19(15-24)21(26)23-11-8-17-13-22-14-18(17)9-12-23;/h1-3,5-6,17-19,22H,4,7-15H2;1H/t17-,18+,19?;. The highest BCUT2D eigenvalue weighted by molar-refractivity contribution is 5.94. The molecular formula is C21H30ClN3O2.